The molecule has 2 aromatic heterocycles. The summed E-state index contributed by atoms with van der Waals surface area (Å²) < 4.78 is 2.31. The minimum Gasteiger partial charge on any atom is -0.398 e. The van der Waals surface area contributed by atoms with E-state index >= 15 is 0 Å². The molecular formula is C15H14N2OS2. The normalized spacial score (nSPS) is 10.8. The summed E-state index contributed by atoms with van der Waals surface area (Å²) in [5, 5.41) is 4.93. The van der Waals surface area contributed by atoms with E-state index in [1.165, 1.54) is 11.3 Å². The van der Waals surface area contributed by atoms with Gasteiger partial charge < -0.3 is 11.1 Å². The van der Waals surface area contributed by atoms with Crippen molar-refractivity contribution in [2.45, 2.75) is 13.3 Å². The highest BCUT2D eigenvalue weighted by atomic mass is 32.1. The number of anilines is 2. The molecule has 3 nitrogen and oxygen atoms in total. The van der Waals surface area contributed by atoms with Crippen LogP contribution in [0.15, 0.2) is 35.7 Å². The third-order valence-corrected chi connectivity index (χ3v) is 5.24. The number of amides is 1. The Kier molecular flexibility index (Phi) is 3.46. The number of rotatable bonds is 3. The predicted octanol–water partition coefficient (Wildman–Crippen LogP) is 4.36. The van der Waals surface area contributed by atoms with Gasteiger partial charge in [-0.25, -0.2) is 0 Å². The van der Waals surface area contributed by atoms with Crippen LogP contribution in [0.2, 0.25) is 0 Å². The molecule has 3 rings (SSSR count). The van der Waals surface area contributed by atoms with Gasteiger partial charge in [-0.15, -0.1) is 22.7 Å². The Labute approximate surface area is 125 Å². The molecule has 0 aliphatic rings. The van der Waals surface area contributed by atoms with Crippen LogP contribution in [0, 0.1) is 0 Å². The van der Waals surface area contributed by atoms with Gasteiger partial charge in [0.05, 0.1) is 4.88 Å². The van der Waals surface area contributed by atoms with Crippen molar-refractivity contribution in [3.8, 4) is 0 Å². The maximum absolute atomic E-state index is 12.2. The van der Waals surface area contributed by atoms with Crippen LogP contribution in [0.5, 0.6) is 0 Å². The Morgan fingerprint density at radius 3 is 2.80 bits per heavy atom. The highest BCUT2D eigenvalue weighted by molar-refractivity contribution is 7.27. The average Bonchev–Trinajstić information content (AvgIpc) is 2.99. The van der Waals surface area contributed by atoms with E-state index in [4.69, 9.17) is 5.73 Å². The van der Waals surface area contributed by atoms with Crippen molar-refractivity contribution in [2.75, 3.05) is 11.1 Å². The molecule has 0 unspecified atom stereocenters. The molecular weight excluding hydrogens is 288 g/mol. The topological polar surface area (TPSA) is 55.1 Å². The summed E-state index contributed by atoms with van der Waals surface area (Å²) >= 11 is 3.16. The summed E-state index contributed by atoms with van der Waals surface area (Å²) in [7, 11) is 0. The third-order valence-electron chi connectivity index (χ3n) is 3.15. The summed E-state index contributed by atoms with van der Waals surface area (Å²) in [5.41, 5.74) is 8.50. The Balaban J connectivity index is 1.81. The lowest BCUT2D eigenvalue weighted by atomic mass is 10.1. The molecule has 0 bridgehead atoms. The minimum absolute atomic E-state index is 0.0814. The lowest BCUT2D eigenvalue weighted by molar-refractivity contribution is 0.103. The largest absolute Gasteiger partial charge is 0.398 e. The number of carbonyl (C=O) groups is 1. The first-order valence-electron chi connectivity index (χ1n) is 6.34. The second-order valence-electron chi connectivity index (χ2n) is 4.48. The lowest BCUT2D eigenvalue weighted by Gasteiger charge is -2.07. The maximum atomic E-state index is 12.2. The molecule has 5 heteroatoms. The molecule has 1 amide bonds. The summed E-state index contributed by atoms with van der Waals surface area (Å²) in [6.07, 6.45) is 0.890. The molecule has 0 saturated heterocycles. The quantitative estimate of drug-likeness (QED) is 0.706. The van der Waals surface area contributed by atoms with Gasteiger partial charge in [0.2, 0.25) is 0 Å². The lowest BCUT2D eigenvalue weighted by Crippen LogP contribution is -2.10. The monoisotopic (exact) mass is 302 g/mol. The van der Waals surface area contributed by atoms with E-state index in [-0.39, 0.29) is 5.91 Å². The van der Waals surface area contributed by atoms with E-state index in [1.807, 2.05) is 35.7 Å². The van der Waals surface area contributed by atoms with Crippen LogP contribution in [-0.4, -0.2) is 5.91 Å². The summed E-state index contributed by atoms with van der Waals surface area (Å²) in [5.74, 6) is -0.0814. The van der Waals surface area contributed by atoms with E-state index < -0.39 is 0 Å². The molecule has 0 fully saturated rings. The van der Waals surface area contributed by atoms with Crippen molar-refractivity contribution in [1.29, 1.82) is 0 Å². The zero-order chi connectivity index (χ0) is 14.1. The Hall–Kier alpha value is -1.85. The highest BCUT2D eigenvalue weighted by Gasteiger charge is 2.11. The number of fused-ring (bicyclic) bond motifs is 1. The Morgan fingerprint density at radius 1 is 1.25 bits per heavy atom. The predicted molar refractivity (Wildman–Crippen MR) is 87.9 cm³/mol. The molecule has 0 spiro atoms. The second kappa shape index (κ2) is 5.26. The van der Waals surface area contributed by atoms with E-state index in [0.717, 1.165) is 37.6 Å². The van der Waals surface area contributed by atoms with Gasteiger partial charge in [-0.3, -0.25) is 4.79 Å². The molecule has 2 heterocycles. The van der Waals surface area contributed by atoms with Crippen LogP contribution in [0.1, 0.15) is 22.2 Å². The van der Waals surface area contributed by atoms with Crippen LogP contribution < -0.4 is 11.1 Å². The van der Waals surface area contributed by atoms with Gasteiger partial charge >= 0.3 is 0 Å². The molecule has 3 aromatic rings. The van der Waals surface area contributed by atoms with Crippen LogP contribution in [0.4, 0.5) is 11.4 Å². The van der Waals surface area contributed by atoms with Gasteiger partial charge in [-0.2, -0.15) is 0 Å². The van der Waals surface area contributed by atoms with E-state index in [9.17, 15) is 4.79 Å². The van der Waals surface area contributed by atoms with Crippen LogP contribution in [0.3, 0.4) is 0 Å². The standard InChI is InChI=1S/C15H14N2OS2/c1-2-9-3-4-10(7-11(9)16)17-15(18)14-8-13-12(20-14)5-6-19-13/h3-8H,2,16H2,1H3,(H,17,18). The molecule has 0 aliphatic heterocycles. The maximum Gasteiger partial charge on any atom is 0.265 e. The Bertz CT molecular complexity index is 745. The highest BCUT2D eigenvalue weighted by Crippen LogP contribution is 2.30. The minimum atomic E-state index is -0.0814. The van der Waals surface area contributed by atoms with Gasteiger partial charge in [0, 0.05) is 20.8 Å². The van der Waals surface area contributed by atoms with E-state index in [0.29, 0.717) is 0 Å². The van der Waals surface area contributed by atoms with Crippen molar-refractivity contribution < 1.29 is 4.79 Å². The zero-order valence-electron chi connectivity index (χ0n) is 11.0. The SMILES string of the molecule is CCc1ccc(NC(=O)c2cc3sccc3s2)cc1N. The van der Waals surface area contributed by atoms with E-state index in [1.54, 1.807) is 11.3 Å². The molecule has 20 heavy (non-hydrogen) atoms. The molecule has 0 saturated carbocycles. The summed E-state index contributed by atoms with van der Waals surface area (Å²) in [6, 6.07) is 9.63. The number of nitrogen functional groups attached to an aromatic ring is 1. The number of nitrogens with two attached hydrogens (primary N) is 1. The first-order chi connectivity index (χ1) is 9.67. The molecule has 3 N–H and O–H groups in total. The summed E-state index contributed by atoms with van der Waals surface area (Å²) in [4.78, 5) is 12.9. The molecule has 102 valence electrons. The summed E-state index contributed by atoms with van der Waals surface area (Å²) in [6.45, 7) is 2.06. The number of thiophene rings is 2. The average molecular weight is 302 g/mol. The Morgan fingerprint density at radius 2 is 2.10 bits per heavy atom. The van der Waals surface area contributed by atoms with Crippen molar-refractivity contribution in [3.63, 3.8) is 0 Å². The molecule has 0 atom stereocenters. The van der Waals surface area contributed by atoms with Crippen LogP contribution in [0.25, 0.3) is 9.40 Å². The fourth-order valence-corrected chi connectivity index (χ4v) is 4.07. The van der Waals surface area contributed by atoms with Gasteiger partial charge in [-0.05, 0) is 41.6 Å². The van der Waals surface area contributed by atoms with Crippen LogP contribution in [-0.2, 0) is 6.42 Å². The number of carbonyl (C=O) groups excluding carboxylic acids is 1. The van der Waals surface area contributed by atoms with Crippen molar-refractivity contribution in [1.82, 2.24) is 0 Å². The first-order valence-corrected chi connectivity index (χ1v) is 8.04. The number of nitrogens with one attached hydrogen (secondary N) is 1. The number of hydrogen-bond acceptors (Lipinski definition) is 4. The van der Waals surface area contributed by atoms with Crippen molar-refractivity contribution in [3.05, 3.63) is 46.2 Å². The van der Waals surface area contributed by atoms with Gasteiger partial charge in [0.1, 0.15) is 0 Å². The number of aryl methyl sites for hydroxylation is 1. The van der Waals surface area contributed by atoms with Gasteiger partial charge in [0.25, 0.3) is 5.91 Å². The smallest absolute Gasteiger partial charge is 0.265 e. The van der Waals surface area contributed by atoms with Crippen molar-refractivity contribution in [2.24, 2.45) is 0 Å². The number of hydrogen-bond donors (Lipinski definition) is 2. The second-order valence-corrected chi connectivity index (χ2v) is 6.51. The first kappa shape index (κ1) is 13.1. The van der Waals surface area contributed by atoms with E-state index in [2.05, 4.69) is 12.2 Å². The third kappa shape index (κ3) is 2.42. The molecule has 1 aromatic carbocycles. The van der Waals surface area contributed by atoms with Gasteiger partial charge in [-0.1, -0.05) is 13.0 Å². The zero-order valence-corrected chi connectivity index (χ0v) is 12.6. The fourth-order valence-electron chi connectivity index (χ4n) is 2.07. The van der Waals surface area contributed by atoms with Crippen molar-refractivity contribution >= 4 is 49.4 Å². The fraction of sp³-hybridized carbons (Fsp3) is 0.133. The molecule has 0 radical (unpaired) electrons. The van der Waals surface area contributed by atoms with Gasteiger partial charge in [0.15, 0.2) is 0 Å². The molecule has 0 aliphatic carbocycles. The van der Waals surface area contributed by atoms with Crippen LogP contribution >= 0.6 is 22.7 Å². The number of benzene rings is 1.